The van der Waals surface area contributed by atoms with E-state index in [1.54, 1.807) is 25.1 Å². The van der Waals surface area contributed by atoms with Crippen molar-refractivity contribution in [2.45, 2.75) is 32.2 Å². The lowest BCUT2D eigenvalue weighted by Crippen LogP contribution is -2.39. The van der Waals surface area contributed by atoms with Crippen molar-refractivity contribution in [1.29, 1.82) is 0 Å². The Balaban J connectivity index is 2.18. The average molecular weight is 364 g/mol. The predicted octanol–water partition coefficient (Wildman–Crippen LogP) is 1.84. The monoisotopic (exact) mass is 363 g/mol. The molecule has 0 aliphatic carbocycles. The Hall–Kier alpha value is -2.02. The lowest BCUT2D eigenvalue weighted by molar-refractivity contribution is -0.131. The number of nitrogens with zero attached hydrogens (tertiary/aromatic N) is 2. The van der Waals surface area contributed by atoms with E-state index in [9.17, 15) is 14.4 Å². The molecule has 1 fully saturated rings. The Morgan fingerprint density at radius 1 is 1.32 bits per heavy atom. The Kier molecular flexibility index (Phi) is 3.82. The Bertz CT molecular complexity index is 844. The van der Waals surface area contributed by atoms with Crippen molar-refractivity contribution in [3.8, 4) is 0 Å². The molecule has 3 rings (SSSR count). The standard InChI is InChI=1S/C15H14BrN3O3/c1-8-17-11-7-9(16)5-6-10(11)15(22)19(8)12-3-2-4-13(20)18-14(12)21/h5-7,12H,2-4H2,1H3,(H,18,20,21). The van der Waals surface area contributed by atoms with E-state index in [4.69, 9.17) is 0 Å². The number of rotatable bonds is 1. The summed E-state index contributed by atoms with van der Waals surface area (Å²) in [6.07, 6.45) is 1.30. The Morgan fingerprint density at radius 2 is 2.09 bits per heavy atom. The van der Waals surface area contributed by atoms with E-state index in [-0.39, 0.29) is 11.5 Å². The maximum Gasteiger partial charge on any atom is 0.262 e. The summed E-state index contributed by atoms with van der Waals surface area (Å²) in [5.41, 5.74) is 0.322. The van der Waals surface area contributed by atoms with Crippen molar-refractivity contribution in [2.24, 2.45) is 0 Å². The molecule has 0 spiro atoms. The number of benzene rings is 1. The van der Waals surface area contributed by atoms with Gasteiger partial charge in [0.25, 0.3) is 5.56 Å². The van der Waals surface area contributed by atoms with Gasteiger partial charge in [0.15, 0.2) is 0 Å². The molecule has 2 amide bonds. The molecule has 1 aliphatic heterocycles. The van der Waals surface area contributed by atoms with Gasteiger partial charge in [-0.3, -0.25) is 24.3 Å². The highest BCUT2D eigenvalue weighted by molar-refractivity contribution is 9.10. The molecule has 1 aliphatic rings. The molecule has 2 heterocycles. The third-order valence-electron chi connectivity index (χ3n) is 3.80. The Morgan fingerprint density at radius 3 is 2.86 bits per heavy atom. The van der Waals surface area contributed by atoms with Gasteiger partial charge in [-0.25, -0.2) is 4.98 Å². The molecule has 2 aromatic rings. The summed E-state index contributed by atoms with van der Waals surface area (Å²) in [5.74, 6) is -0.271. The van der Waals surface area contributed by atoms with Gasteiger partial charge in [0.1, 0.15) is 11.9 Å². The van der Waals surface area contributed by atoms with Crippen molar-refractivity contribution in [3.05, 3.63) is 38.9 Å². The summed E-state index contributed by atoms with van der Waals surface area (Å²) in [5, 5.41) is 2.78. The number of carbonyl (C=O) groups excluding carboxylic acids is 2. The number of aromatic nitrogens is 2. The van der Waals surface area contributed by atoms with E-state index < -0.39 is 11.9 Å². The van der Waals surface area contributed by atoms with Crippen molar-refractivity contribution < 1.29 is 9.59 Å². The summed E-state index contributed by atoms with van der Waals surface area (Å²) < 4.78 is 2.23. The van der Waals surface area contributed by atoms with Crippen molar-refractivity contribution in [1.82, 2.24) is 14.9 Å². The van der Waals surface area contributed by atoms with Gasteiger partial charge in [0.05, 0.1) is 10.9 Å². The first-order chi connectivity index (χ1) is 10.5. The summed E-state index contributed by atoms with van der Waals surface area (Å²) in [4.78, 5) is 40.8. The van der Waals surface area contributed by atoms with Crippen molar-refractivity contribution in [2.75, 3.05) is 0 Å². The number of hydrogen-bond acceptors (Lipinski definition) is 4. The number of halogens is 1. The topological polar surface area (TPSA) is 81.1 Å². The molecule has 1 N–H and O–H groups in total. The van der Waals surface area contributed by atoms with Crippen LogP contribution in [0.2, 0.25) is 0 Å². The first kappa shape index (κ1) is 14.9. The minimum atomic E-state index is -0.695. The number of hydrogen-bond donors (Lipinski definition) is 1. The maximum absolute atomic E-state index is 12.7. The first-order valence-electron chi connectivity index (χ1n) is 6.99. The fourth-order valence-electron chi connectivity index (χ4n) is 2.77. The van der Waals surface area contributed by atoms with Gasteiger partial charge in [-0.05, 0) is 38.0 Å². The quantitative estimate of drug-likeness (QED) is 0.783. The summed E-state index contributed by atoms with van der Waals surface area (Å²) in [6.45, 7) is 1.70. The Labute approximate surface area is 134 Å². The molecular weight excluding hydrogens is 350 g/mol. The smallest absolute Gasteiger partial charge is 0.262 e. The minimum Gasteiger partial charge on any atom is -0.295 e. The second-order valence-electron chi connectivity index (χ2n) is 5.32. The van der Waals surface area contributed by atoms with Gasteiger partial charge in [-0.15, -0.1) is 0 Å². The van der Waals surface area contributed by atoms with E-state index in [2.05, 4.69) is 26.2 Å². The normalized spacial score (nSPS) is 19.1. The van der Waals surface area contributed by atoms with Crippen LogP contribution in [0, 0.1) is 6.92 Å². The fourth-order valence-corrected chi connectivity index (χ4v) is 3.12. The largest absolute Gasteiger partial charge is 0.295 e. The van der Waals surface area contributed by atoms with E-state index in [0.29, 0.717) is 36.0 Å². The third-order valence-corrected chi connectivity index (χ3v) is 4.29. The van der Waals surface area contributed by atoms with Crippen LogP contribution in [0.3, 0.4) is 0 Å². The number of imide groups is 1. The molecule has 0 saturated carbocycles. The number of fused-ring (bicyclic) bond motifs is 1. The van der Waals surface area contributed by atoms with Crippen LogP contribution in [-0.4, -0.2) is 21.4 Å². The van der Waals surface area contributed by atoms with Gasteiger partial charge < -0.3 is 0 Å². The molecule has 1 unspecified atom stereocenters. The summed E-state index contributed by atoms with van der Waals surface area (Å²) >= 11 is 3.35. The third kappa shape index (κ3) is 2.56. The number of amides is 2. The van der Waals surface area contributed by atoms with E-state index >= 15 is 0 Å². The van der Waals surface area contributed by atoms with Crippen LogP contribution in [0.4, 0.5) is 0 Å². The fraction of sp³-hybridized carbons (Fsp3) is 0.333. The summed E-state index contributed by atoms with van der Waals surface area (Å²) in [7, 11) is 0. The second kappa shape index (κ2) is 5.64. The molecule has 1 aromatic carbocycles. The molecular formula is C15H14BrN3O3. The highest BCUT2D eigenvalue weighted by atomic mass is 79.9. The highest BCUT2D eigenvalue weighted by Crippen LogP contribution is 2.21. The second-order valence-corrected chi connectivity index (χ2v) is 6.23. The van der Waals surface area contributed by atoms with Crippen LogP contribution in [0.25, 0.3) is 10.9 Å². The van der Waals surface area contributed by atoms with Crippen LogP contribution >= 0.6 is 15.9 Å². The van der Waals surface area contributed by atoms with Gasteiger partial charge in [0.2, 0.25) is 11.8 Å². The molecule has 1 saturated heterocycles. The van der Waals surface area contributed by atoms with Crippen LogP contribution in [0.1, 0.15) is 31.1 Å². The van der Waals surface area contributed by atoms with E-state index in [1.165, 1.54) is 4.57 Å². The number of carbonyl (C=O) groups is 2. The van der Waals surface area contributed by atoms with Crippen molar-refractivity contribution >= 4 is 38.6 Å². The SMILES string of the molecule is Cc1nc2cc(Br)ccc2c(=O)n1C1CCCC(=O)NC1=O. The van der Waals surface area contributed by atoms with Crippen LogP contribution < -0.4 is 10.9 Å². The van der Waals surface area contributed by atoms with Gasteiger partial charge in [-0.2, -0.15) is 0 Å². The molecule has 114 valence electrons. The van der Waals surface area contributed by atoms with E-state index in [1.807, 2.05) is 0 Å². The lowest BCUT2D eigenvalue weighted by Gasteiger charge is -2.19. The first-order valence-corrected chi connectivity index (χ1v) is 7.79. The van der Waals surface area contributed by atoms with Gasteiger partial charge in [-0.1, -0.05) is 15.9 Å². The van der Waals surface area contributed by atoms with Gasteiger partial charge >= 0.3 is 0 Å². The van der Waals surface area contributed by atoms with Crippen LogP contribution in [0.15, 0.2) is 27.5 Å². The highest BCUT2D eigenvalue weighted by Gasteiger charge is 2.28. The molecule has 1 aromatic heterocycles. The zero-order chi connectivity index (χ0) is 15.9. The molecule has 7 heteroatoms. The minimum absolute atomic E-state index is 0.260. The van der Waals surface area contributed by atoms with Crippen LogP contribution in [0.5, 0.6) is 0 Å². The molecule has 0 bridgehead atoms. The van der Waals surface area contributed by atoms with Gasteiger partial charge in [0, 0.05) is 10.9 Å². The molecule has 0 radical (unpaired) electrons. The molecule has 6 nitrogen and oxygen atoms in total. The molecule has 1 atom stereocenters. The number of aryl methyl sites for hydroxylation is 1. The summed E-state index contributed by atoms with van der Waals surface area (Å²) in [6, 6.07) is 4.52. The van der Waals surface area contributed by atoms with E-state index in [0.717, 1.165) is 4.47 Å². The average Bonchev–Trinajstić information content (AvgIpc) is 2.60. The molecule has 22 heavy (non-hydrogen) atoms. The van der Waals surface area contributed by atoms with Crippen molar-refractivity contribution in [3.63, 3.8) is 0 Å². The predicted molar refractivity (Wildman–Crippen MR) is 84.5 cm³/mol. The lowest BCUT2D eigenvalue weighted by atomic mass is 10.1. The number of nitrogens with one attached hydrogen (secondary N) is 1. The maximum atomic E-state index is 12.7. The zero-order valence-electron chi connectivity index (χ0n) is 11.9. The van der Waals surface area contributed by atoms with Crippen LogP contribution in [-0.2, 0) is 9.59 Å². The zero-order valence-corrected chi connectivity index (χ0v) is 13.5.